The Bertz CT molecular complexity index is 287. The fraction of sp³-hybridized carbons (Fsp3) is 0.455. The maximum atomic E-state index is 5.82. The van der Waals surface area contributed by atoms with E-state index in [9.17, 15) is 0 Å². The average molecular weight is 213 g/mol. The molecule has 0 spiro atoms. The third-order valence-electron chi connectivity index (χ3n) is 2.24. The number of hydrogen-bond donors (Lipinski definition) is 2. The first-order valence-electron chi connectivity index (χ1n) is 4.67. The van der Waals surface area contributed by atoms with Crippen LogP contribution in [-0.4, -0.2) is 0 Å². The van der Waals surface area contributed by atoms with E-state index >= 15 is 0 Å². The van der Waals surface area contributed by atoms with Crippen molar-refractivity contribution in [1.82, 2.24) is 5.43 Å². The van der Waals surface area contributed by atoms with Gasteiger partial charge in [0.15, 0.2) is 0 Å². The molecule has 0 aromatic heterocycles. The number of hydrazine groups is 1. The zero-order valence-corrected chi connectivity index (χ0v) is 9.60. The predicted molar refractivity (Wildman–Crippen MR) is 61.0 cm³/mol. The van der Waals surface area contributed by atoms with Crippen LogP contribution in [0.1, 0.15) is 32.4 Å². The number of nitrogens with one attached hydrogen (secondary N) is 1. The minimum atomic E-state index is 0.0859. The molecule has 0 aliphatic rings. The van der Waals surface area contributed by atoms with Gasteiger partial charge >= 0.3 is 0 Å². The minimum absolute atomic E-state index is 0.0859. The van der Waals surface area contributed by atoms with Gasteiger partial charge in [-0.1, -0.05) is 44.5 Å². The maximum absolute atomic E-state index is 5.82. The van der Waals surface area contributed by atoms with Crippen molar-refractivity contribution in [2.24, 2.45) is 11.3 Å². The summed E-state index contributed by atoms with van der Waals surface area (Å²) < 4.78 is 0. The highest BCUT2D eigenvalue weighted by molar-refractivity contribution is 6.30. The molecule has 1 aromatic carbocycles. The molecule has 3 N–H and O–H groups in total. The van der Waals surface area contributed by atoms with E-state index in [0.29, 0.717) is 0 Å². The largest absolute Gasteiger partial charge is 0.271 e. The molecule has 0 saturated heterocycles. The quantitative estimate of drug-likeness (QED) is 0.585. The van der Waals surface area contributed by atoms with Gasteiger partial charge in [0.1, 0.15) is 0 Å². The Morgan fingerprint density at radius 1 is 1.21 bits per heavy atom. The molecule has 1 aromatic rings. The first-order chi connectivity index (χ1) is 6.45. The Morgan fingerprint density at radius 3 is 2.07 bits per heavy atom. The van der Waals surface area contributed by atoms with E-state index in [-0.39, 0.29) is 11.5 Å². The van der Waals surface area contributed by atoms with Crippen molar-refractivity contribution in [1.29, 1.82) is 0 Å². The minimum Gasteiger partial charge on any atom is -0.271 e. The van der Waals surface area contributed by atoms with Crippen molar-refractivity contribution in [3.63, 3.8) is 0 Å². The molecule has 1 atom stereocenters. The SMILES string of the molecule is CC(C)(C)C(NN)c1ccc(Cl)cc1. The summed E-state index contributed by atoms with van der Waals surface area (Å²) in [6.45, 7) is 6.43. The average Bonchev–Trinajstić information content (AvgIpc) is 2.07. The third-order valence-corrected chi connectivity index (χ3v) is 2.49. The lowest BCUT2D eigenvalue weighted by Crippen LogP contribution is -2.36. The molecule has 0 fully saturated rings. The second kappa shape index (κ2) is 4.30. The van der Waals surface area contributed by atoms with E-state index in [1.807, 2.05) is 24.3 Å². The Morgan fingerprint density at radius 2 is 1.71 bits per heavy atom. The molecule has 78 valence electrons. The highest BCUT2D eigenvalue weighted by atomic mass is 35.5. The fourth-order valence-corrected chi connectivity index (χ4v) is 1.63. The summed E-state index contributed by atoms with van der Waals surface area (Å²) in [6, 6.07) is 7.90. The van der Waals surface area contributed by atoms with Crippen molar-refractivity contribution in [2.45, 2.75) is 26.8 Å². The van der Waals surface area contributed by atoms with E-state index in [1.165, 1.54) is 0 Å². The Labute approximate surface area is 90.4 Å². The molecule has 1 unspecified atom stereocenters. The van der Waals surface area contributed by atoms with Gasteiger partial charge in [-0.05, 0) is 23.1 Å². The lowest BCUT2D eigenvalue weighted by Gasteiger charge is -2.30. The second-order valence-corrected chi connectivity index (χ2v) is 4.95. The van der Waals surface area contributed by atoms with Crippen LogP contribution in [0, 0.1) is 5.41 Å². The van der Waals surface area contributed by atoms with Crippen LogP contribution < -0.4 is 11.3 Å². The van der Waals surface area contributed by atoms with Crippen molar-refractivity contribution in [3.05, 3.63) is 34.9 Å². The van der Waals surface area contributed by atoms with Crippen LogP contribution >= 0.6 is 11.6 Å². The molecule has 0 aliphatic carbocycles. The van der Waals surface area contributed by atoms with Crippen LogP contribution in [-0.2, 0) is 0 Å². The van der Waals surface area contributed by atoms with Crippen molar-refractivity contribution in [3.8, 4) is 0 Å². The van der Waals surface area contributed by atoms with Crippen LogP contribution in [0.4, 0.5) is 0 Å². The van der Waals surface area contributed by atoms with Gasteiger partial charge in [0.25, 0.3) is 0 Å². The molecule has 0 heterocycles. The smallest absolute Gasteiger partial charge is 0.0508 e. The van der Waals surface area contributed by atoms with Gasteiger partial charge in [-0.3, -0.25) is 11.3 Å². The first-order valence-corrected chi connectivity index (χ1v) is 5.04. The molecule has 0 aliphatic heterocycles. The number of rotatable bonds is 2. The number of nitrogens with two attached hydrogens (primary N) is 1. The summed E-state index contributed by atoms with van der Waals surface area (Å²) in [7, 11) is 0. The summed E-state index contributed by atoms with van der Waals surface area (Å²) in [5.74, 6) is 5.55. The van der Waals surface area contributed by atoms with E-state index in [1.54, 1.807) is 0 Å². The van der Waals surface area contributed by atoms with E-state index in [0.717, 1.165) is 10.6 Å². The molecule has 0 radical (unpaired) electrons. The van der Waals surface area contributed by atoms with Crippen molar-refractivity contribution in [2.75, 3.05) is 0 Å². The zero-order valence-electron chi connectivity index (χ0n) is 8.84. The lowest BCUT2D eigenvalue weighted by molar-refractivity contribution is 0.275. The number of hydrogen-bond acceptors (Lipinski definition) is 2. The molecule has 2 nitrogen and oxygen atoms in total. The van der Waals surface area contributed by atoms with Crippen LogP contribution in [0.15, 0.2) is 24.3 Å². The first kappa shape index (κ1) is 11.5. The molecule has 0 bridgehead atoms. The lowest BCUT2D eigenvalue weighted by atomic mass is 9.83. The topological polar surface area (TPSA) is 38.0 Å². The van der Waals surface area contributed by atoms with Crippen LogP contribution in [0.25, 0.3) is 0 Å². The van der Waals surface area contributed by atoms with Gasteiger partial charge < -0.3 is 0 Å². The normalized spacial score (nSPS) is 14.1. The molecule has 3 heteroatoms. The monoisotopic (exact) mass is 212 g/mol. The van der Waals surface area contributed by atoms with E-state index < -0.39 is 0 Å². The molecule has 1 rings (SSSR count). The standard InChI is InChI=1S/C11H17ClN2/c1-11(2,3)10(14-13)8-4-6-9(12)7-5-8/h4-7,10,14H,13H2,1-3H3. The van der Waals surface area contributed by atoms with Crippen LogP contribution in [0.3, 0.4) is 0 Å². The van der Waals surface area contributed by atoms with Crippen molar-refractivity contribution < 1.29 is 0 Å². The van der Waals surface area contributed by atoms with Gasteiger partial charge in [-0.2, -0.15) is 0 Å². The predicted octanol–water partition coefficient (Wildman–Crippen LogP) is 2.89. The molecular formula is C11H17ClN2. The molecule has 0 saturated carbocycles. The van der Waals surface area contributed by atoms with Crippen LogP contribution in [0.2, 0.25) is 5.02 Å². The van der Waals surface area contributed by atoms with E-state index in [2.05, 4.69) is 26.2 Å². The molecule has 0 amide bonds. The zero-order chi connectivity index (χ0) is 10.8. The Balaban J connectivity index is 2.96. The third kappa shape index (κ3) is 2.71. The Kier molecular flexibility index (Phi) is 3.53. The number of benzene rings is 1. The van der Waals surface area contributed by atoms with Gasteiger partial charge in [-0.25, -0.2) is 0 Å². The molecular weight excluding hydrogens is 196 g/mol. The highest BCUT2D eigenvalue weighted by Gasteiger charge is 2.24. The molecule has 14 heavy (non-hydrogen) atoms. The van der Waals surface area contributed by atoms with Gasteiger partial charge in [0, 0.05) is 5.02 Å². The van der Waals surface area contributed by atoms with Gasteiger partial charge in [0.05, 0.1) is 6.04 Å². The van der Waals surface area contributed by atoms with Gasteiger partial charge in [-0.15, -0.1) is 0 Å². The summed E-state index contributed by atoms with van der Waals surface area (Å²) in [5.41, 5.74) is 4.08. The summed E-state index contributed by atoms with van der Waals surface area (Å²) in [5, 5.41) is 0.749. The highest BCUT2D eigenvalue weighted by Crippen LogP contribution is 2.32. The van der Waals surface area contributed by atoms with Crippen LogP contribution in [0.5, 0.6) is 0 Å². The van der Waals surface area contributed by atoms with Gasteiger partial charge in [0.2, 0.25) is 0 Å². The summed E-state index contributed by atoms with van der Waals surface area (Å²) >= 11 is 5.82. The van der Waals surface area contributed by atoms with E-state index in [4.69, 9.17) is 17.4 Å². The second-order valence-electron chi connectivity index (χ2n) is 4.52. The van der Waals surface area contributed by atoms with Crippen molar-refractivity contribution >= 4 is 11.6 Å². The maximum Gasteiger partial charge on any atom is 0.0508 e. The Hall–Kier alpha value is -0.570. The fourth-order valence-electron chi connectivity index (χ4n) is 1.50. The summed E-state index contributed by atoms with van der Waals surface area (Å²) in [6.07, 6.45) is 0. The number of halogens is 1. The summed E-state index contributed by atoms with van der Waals surface area (Å²) in [4.78, 5) is 0.